The molecule has 0 saturated heterocycles. The molecule has 3 aromatic rings. The lowest BCUT2D eigenvalue weighted by molar-refractivity contribution is 0.536. The lowest BCUT2D eigenvalue weighted by Gasteiger charge is -2.16. The molecule has 4 rings (SSSR count). The number of nitrogens with zero attached hydrogens (tertiary/aromatic N) is 3. The highest BCUT2D eigenvalue weighted by molar-refractivity contribution is 6.33. The molecule has 0 atom stereocenters. The molecule has 0 bridgehead atoms. The molecule has 0 spiro atoms. The number of hydrogen-bond donors (Lipinski definition) is 1. The van der Waals surface area contributed by atoms with E-state index in [1.165, 1.54) is 24.1 Å². The molecule has 0 aliphatic carbocycles. The molecule has 4 nitrogen and oxygen atoms in total. The van der Waals surface area contributed by atoms with Crippen LogP contribution in [0.4, 0.5) is 11.5 Å². The molecule has 0 saturated carbocycles. The van der Waals surface area contributed by atoms with E-state index in [9.17, 15) is 0 Å². The number of fused-ring (bicyclic) bond motifs is 1. The molecule has 1 N–H and O–H groups in total. The standard InChI is InChI=1S/C19H19ClN4/c1-13-5-7-15(8-6-13)23-18-17(20)10-14(11-21-18)19-22-12-16-4-2-3-9-24(16)19/h5-8,10-12H,2-4,9H2,1H3,(H,21,23). The first-order chi connectivity index (χ1) is 11.7. The van der Waals surface area contributed by atoms with E-state index in [2.05, 4.69) is 38.9 Å². The van der Waals surface area contributed by atoms with Crippen molar-refractivity contribution in [3.8, 4) is 11.4 Å². The summed E-state index contributed by atoms with van der Waals surface area (Å²) in [5, 5.41) is 3.86. The number of halogens is 1. The van der Waals surface area contributed by atoms with Gasteiger partial charge in [-0.25, -0.2) is 9.97 Å². The first-order valence-corrected chi connectivity index (χ1v) is 8.62. The topological polar surface area (TPSA) is 42.7 Å². The third kappa shape index (κ3) is 2.89. The van der Waals surface area contributed by atoms with Gasteiger partial charge < -0.3 is 9.88 Å². The minimum Gasteiger partial charge on any atom is -0.339 e. The second-order valence-corrected chi connectivity index (χ2v) is 6.63. The van der Waals surface area contributed by atoms with E-state index >= 15 is 0 Å². The van der Waals surface area contributed by atoms with Gasteiger partial charge in [-0.15, -0.1) is 0 Å². The number of pyridine rings is 1. The van der Waals surface area contributed by atoms with Gasteiger partial charge in [0.05, 0.1) is 5.02 Å². The second-order valence-electron chi connectivity index (χ2n) is 6.23. The second kappa shape index (κ2) is 6.29. The van der Waals surface area contributed by atoms with E-state index in [1.807, 2.05) is 30.6 Å². The number of aromatic nitrogens is 3. The number of imidazole rings is 1. The summed E-state index contributed by atoms with van der Waals surface area (Å²) < 4.78 is 2.28. The Labute approximate surface area is 146 Å². The van der Waals surface area contributed by atoms with E-state index in [1.54, 1.807) is 0 Å². The summed E-state index contributed by atoms with van der Waals surface area (Å²) in [5.41, 5.74) is 4.46. The van der Waals surface area contributed by atoms with Crippen LogP contribution in [0.3, 0.4) is 0 Å². The highest BCUT2D eigenvalue weighted by Gasteiger charge is 2.16. The number of anilines is 2. The first kappa shape index (κ1) is 15.2. The molecule has 0 amide bonds. The first-order valence-electron chi connectivity index (χ1n) is 8.25. The molecule has 0 radical (unpaired) electrons. The lowest BCUT2D eigenvalue weighted by atomic mass is 10.1. The highest BCUT2D eigenvalue weighted by Crippen LogP contribution is 2.30. The van der Waals surface area contributed by atoms with Crippen LogP contribution in [-0.4, -0.2) is 14.5 Å². The zero-order valence-electron chi connectivity index (χ0n) is 13.6. The van der Waals surface area contributed by atoms with Gasteiger partial charge in [0.1, 0.15) is 11.6 Å². The fourth-order valence-corrected chi connectivity index (χ4v) is 3.31. The summed E-state index contributed by atoms with van der Waals surface area (Å²) in [6.45, 7) is 3.08. The molecule has 1 aromatic carbocycles. The van der Waals surface area contributed by atoms with Gasteiger partial charge >= 0.3 is 0 Å². The Morgan fingerprint density at radius 3 is 2.71 bits per heavy atom. The quantitative estimate of drug-likeness (QED) is 0.731. The van der Waals surface area contributed by atoms with Crippen molar-refractivity contribution in [3.63, 3.8) is 0 Å². The average Bonchev–Trinajstić information content (AvgIpc) is 3.03. The normalized spacial score (nSPS) is 13.6. The Kier molecular flexibility index (Phi) is 3.98. The number of hydrogen-bond acceptors (Lipinski definition) is 3. The molecule has 0 fully saturated rings. The van der Waals surface area contributed by atoms with Gasteiger partial charge in [-0.3, -0.25) is 0 Å². The number of benzene rings is 1. The summed E-state index contributed by atoms with van der Waals surface area (Å²) in [7, 11) is 0. The third-order valence-electron chi connectivity index (χ3n) is 4.42. The van der Waals surface area contributed by atoms with Gasteiger partial charge in [0.15, 0.2) is 0 Å². The Bertz CT molecular complexity index is 868. The molecule has 1 aliphatic heterocycles. The van der Waals surface area contributed by atoms with E-state index in [-0.39, 0.29) is 0 Å². The summed E-state index contributed by atoms with van der Waals surface area (Å²) in [6, 6.07) is 10.1. The summed E-state index contributed by atoms with van der Waals surface area (Å²) in [4.78, 5) is 9.08. The van der Waals surface area contributed by atoms with Crippen LogP contribution in [0.5, 0.6) is 0 Å². The van der Waals surface area contributed by atoms with E-state index in [0.29, 0.717) is 10.8 Å². The molecule has 122 valence electrons. The van der Waals surface area contributed by atoms with Gasteiger partial charge in [0, 0.05) is 35.9 Å². The van der Waals surface area contributed by atoms with E-state index < -0.39 is 0 Å². The molecule has 24 heavy (non-hydrogen) atoms. The third-order valence-corrected chi connectivity index (χ3v) is 4.70. The monoisotopic (exact) mass is 338 g/mol. The Balaban J connectivity index is 1.62. The van der Waals surface area contributed by atoms with Crippen LogP contribution in [0.1, 0.15) is 24.1 Å². The molecule has 0 unspecified atom stereocenters. The van der Waals surface area contributed by atoms with Crippen LogP contribution < -0.4 is 5.32 Å². The van der Waals surface area contributed by atoms with Crippen molar-refractivity contribution in [1.82, 2.24) is 14.5 Å². The van der Waals surface area contributed by atoms with Crippen LogP contribution >= 0.6 is 11.6 Å². The molecule has 2 aromatic heterocycles. The largest absolute Gasteiger partial charge is 0.339 e. The zero-order valence-corrected chi connectivity index (χ0v) is 14.3. The smallest absolute Gasteiger partial charge is 0.149 e. The van der Waals surface area contributed by atoms with Gasteiger partial charge in [-0.1, -0.05) is 29.3 Å². The van der Waals surface area contributed by atoms with Crippen molar-refractivity contribution in [2.75, 3.05) is 5.32 Å². The molecule has 5 heteroatoms. The maximum atomic E-state index is 6.45. The molecule has 3 heterocycles. The van der Waals surface area contributed by atoms with Crippen molar-refractivity contribution in [2.45, 2.75) is 32.7 Å². The van der Waals surface area contributed by atoms with Gasteiger partial charge in [0.25, 0.3) is 0 Å². The SMILES string of the molecule is Cc1ccc(Nc2ncc(-c3ncc4n3CCCC4)cc2Cl)cc1. The van der Waals surface area contributed by atoms with Crippen molar-refractivity contribution >= 4 is 23.1 Å². The lowest BCUT2D eigenvalue weighted by Crippen LogP contribution is -2.10. The maximum absolute atomic E-state index is 6.45. The molecular formula is C19H19ClN4. The van der Waals surface area contributed by atoms with Crippen molar-refractivity contribution in [3.05, 3.63) is 59.0 Å². The predicted molar refractivity (Wildman–Crippen MR) is 97.9 cm³/mol. The Hall–Kier alpha value is -2.33. The minimum absolute atomic E-state index is 0.598. The maximum Gasteiger partial charge on any atom is 0.149 e. The molecule has 1 aliphatic rings. The van der Waals surface area contributed by atoms with Crippen LogP contribution in [-0.2, 0) is 13.0 Å². The van der Waals surface area contributed by atoms with Gasteiger partial charge in [0.2, 0.25) is 0 Å². The fraction of sp³-hybridized carbons (Fsp3) is 0.263. The van der Waals surface area contributed by atoms with Crippen molar-refractivity contribution in [2.24, 2.45) is 0 Å². The minimum atomic E-state index is 0.598. The van der Waals surface area contributed by atoms with Crippen molar-refractivity contribution in [1.29, 1.82) is 0 Å². The average molecular weight is 339 g/mol. The van der Waals surface area contributed by atoms with Crippen LogP contribution in [0.25, 0.3) is 11.4 Å². The van der Waals surface area contributed by atoms with Crippen molar-refractivity contribution < 1.29 is 0 Å². The van der Waals surface area contributed by atoms with Gasteiger partial charge in [-0.2, -0.15) is 0 Å². The van der Waals surface area contributed by atoms with E-state index in [0.717, 1.165) is 30.0 Å². The number of aryl methyl sites for hydroxylation is 2. The molecular weight excluding hydrogens is 320 g/mol. The van der Waals surface area contributed by atoms with Gasteiger partial charge in [-0.05, 0) is 44.4 Å². The fourth-order valence-electron chi connectivity index (χ4n) is 3.09. The van der Waals surface area contributed by atoms with E-state index in [4.69, 9.17) is 11.6 Å². The van der Waals surface area contributed by atoms with Crippen LogP contribution in [0, 0.1) is 6.92 Å². The van der Waals surface area contributed by atoms with Crippen LogP contribution in [0.2, 0.25) is 5.02 Å². The Morgan fingerprint density at radius 1 is 1.08 bits per heavy atom. The Morgan fingerprint density at radius 2 is 1.92 bits per heavy atom. The highest BCUT2D eigenvalue weighted by atomic mass is 35.5. The summed E-state index contributed by atoms with van der Waals surface area (Å²) in [6.07, 6.45) is 7.35. The zero-order chi connectivity index (χ0) is 16.5. The van der Waals surface area contributed by atoms with Crippen LogP contribution in [0.15, 0.2) is 42.7 Å². The summed E-state index contributed by atoms with van der Waals surface area (Å²) in [5.74, 6) is 1.62. The predicted octanol–water partition coefficient (Wildman–Crippen LogP) is 4.99. The number of rotatable bonds is 3. The number of nitrogens with one attached hydrogen (secondary N) is 1. The summed E-state index contributed by atoms with van der Waals surface area (Å²) >= 11 is 6.45.